The van der Waals surface area contributed by atoms with E-state index in [0.717, 1.165) is 51.3 Å². The number of aryl methyl sites for hydroxylation is 1. The predicted octanol–water partition coefficient (Wildman–Crippen LogP) is 6.47. The molecular weight excluding hydrogens is 436 g/mol. The van der Waals surface area contributed by atoms with Gasteiger partial charge in [0.05, 0.1) is 5.92 Å². The van der Waals surface area contributed by atoms with Crippen molar-refractivity contribution >= 4 is 38.8 Å². The average molecular weight is 463 g/mol. The van der Waals surface area contributed by atoms with Gasteiger partial charge in [-0.1, -0.05) is 34.6 Å². The fourth-order valence-electron chi connectivity index (χ4n) is 4.77. The van der Waals surface area contributed by atoms with Crippen LogP contribution in [-0.4, -0.2) is 11.6 Å². The topological polar surface area (TPSA) is 43.4 Å². The molecule has 0 bridgehead atoms. The highest BCUT2D eigenvalue weighted by atomic mass is 79.9. The van der Waals surface area contributed by atoms with E-state index in [1.807, 2.05) is 0 Å². The predicted molar refractivity (Wildman–Crippen MR) is 115 cm³/mol. The van der Waals surface area contributed by atoms with E-state index in [0.29, 0.717) is 12.8 Å². The largest absolute Gasteiger partial charge is 0.465 e. The van der Waals surface area contributed by atoms with Crippen molar-refractivity contribution in [2.75, 3.05) is 0 Å². The Morgan fingerprint density at radius 1 is 1.00 bits per heavy atom. The number of carbonyl (C=O) groups excluding carboxylic acids is 2. The van der Waals surface area contributed by atoms with E-state index in [-0.39, 0.29) is 28.3 Å². The lowest BCUT2D eigenvalue weighted by Crippen LogP contribution is -2.37. The first-order valence-electron chi connectivity index (χ1n) is 10.00. The Morgan fingerprint density at radius 2 is 1.50 bits per heavy atom. The van der Waals surface area contributed by atoms with Gasteiger partial charge in [0.2, 0.25) is 0 Å². The van der Waals surface area contributed by atoms with Gasteiger partial charge in [0, 0.05) is 51.1 Å². The molecule has 0 aromatic carbocycles. The van der Waals surface area contributed by atoms with Crippen LogP contribution in [0.2, 0.25) is 0 Å². The van der Waals surface area contributed by atoms with Crippen molar-refractivity contribution in [1.82, 2.24) is 0 Å². The van der Waals surface area contributed by atoms with Gasteiger partial charge in [-0.2, -0.15) is 0 Å². The van der Waals surface area contributed by atoms with Crippen LogP contribution in [0.15, 0.2) is 33.2 Å². The molecule has 0 fully saturated rings. The van der Waals surface area contributed by atoms with Crippen LogP contribution in [-0.2, 0) is 20.7 Å². The summed E-state index contributed by atoms with van der Waals surface area (Å²) in [4.78, 5) is 28.8. The number of rotatable bonds is 2. The highest BCUT2D eigenvalue weighted by molar-refractivity contribution is 9.10. The van der Waals surface area contributed by atoms with Crippen molar-refractivity contribution in [2.45, 2.75) is 72.6 Å². The normalized spacial score (nSPS) is 24.2. The Kier molecular flexibility index (Phi) is 4.78. The summed E-state index contributed by atoms with van der Waals surface area (Å²) in [6.45, 7) is 10.6. The van der Waals surface area contributed by atoms with Crippen LogP contribution in [0.25, 0.3) is 0 Å². The van der Waals surface area contributed by atoms with Crippen LogP contribution >= 0.6 is 27.3 Å². The molecule has 0 radical (unpaired) electrons. The fraction of sp³-hybridized carbons (Fsp3) is 0.565. The molecule has 0 atom stereocenters. The van der Waals surface area contributed by atoms with Crippen LogP contribution in [0, 0.1) is 10.8 Å². The number of ether oxygens (including phenoxy) is 1. The summed E-state index contributed by atoms with van der Waals surface area (Å²) < 4.78 is 7.40. The fourth-order valence-corrected chi connectivity index (χ4v) is 6.81. The number of ketones is 2. The second kappa shape index (κ2) is 6.66. The summed E-state index contributed by atoms with van der Waals surface area (Å²) in [6, 6.07) is 2.11. The lowest BCUT2D eigenvalue weighted by Gasteiger charge is -2.42. The minimum absolute atomic E-state index is 0.114. The van der Waals surface area contributed by atoms with Crippen LogP contribution in [0.1, 0.15) is 76.0 Å². The first kappa shape index (κ1) is 20.1. The Balaban J connectivity index is 1.91. The van der Waals surface area contributed by atoms with E-state index in [1.54, 1.807) is 11.3 Å². The maximum Gasteiger partial charge on any atom is 0.163 e. The third kappa shape index (κ3) is 3.35. The van der Waals surface area contributed by atoms with Crippen LogP contribution in [0.3, 0.4) is 0 Å². The van der Waals surface area contributed by atoms with E-state index in [1.165, 1.54) is 4.88 Å². The molecule has 5 heteroatoms. The second-order valence-electron chi connectivity index (χ2n) is 9.86. The van der Waals surface area contributed by atoms with Crippen molar-refractivity contribution in [2.24, 2.45) is 10.8 Å². The summed E-state index contributed by atoms with van der Waals surface area (Å²) in [7, 11) is 0. The Hall–Kier alpha value is -1.20. The van der Waals surface area contributed by atoms with Gasteiger partial charge in [-0.3, -0.25) is 9.59 Å². The number of hydrogen-bond acceptors (Lipinski definition) is 4. The third-order valence-electron chi connectivity index (χ3n) is 5.96. The van der Waals surface area contributed by atoms with E-state index in [9.17, 15) is 9.59 Å². The molecule has 0 saturated carbocycles. The molecule has 1 aliphatic heterocycles. The van der Waals surface area contributed by atoms with Gasteiger partial charge in [-0.25, -0.2) is 0 Å². The molecule has 3 aliphatic rings. The molecule has 2 heterocycles. The van der Waals surface area contributed by atoms with Crippen LogP contribution < -0.4 is 0 Å². The first-order valence-corrected chi connectivity index (χ1v) is 11.6. The van der Waals surface area contributed by atoms with Gasteiger partial charge >= 0.3 is 0 Å². The number of carbonyl (C=O) groups is 2. The smallest absolute Gasteiger partial charge is 0.163 e. The number of halogens is 1. The van der Waals surface area contributed by atoms with Gasteiger partial charge in [-0.15, -0.1) is 11.3 Å². The molecule has 28 heavy (non-hydrogen) atoms. The number of hydrogen-bond donors (Lipinski definition) is 0. The van der Waals surface area contributed by atoms with E-state index < -0.39 is 0 Å². The number of allylic oxidation sites excluding steroid dienone is 4. The van der Waals surface area contributed by atoms with Crippen molar-refractivity contribution in [3.8, 4) is 0 Å². The minimum atomic E-state index is -0.271. The van der Waals surface area contributed by atoms with Crippen LogP contribution in [0.5, 0.6) is 0 Å². The molecule has 150 valence electrons. The Bertz CT molecular complexity index is 893. The van der Waals surface area contributed by atoms with E-state index >= 15 is 0 Å². The molecule has 2 aliphatic carbocycles. The van der Waals surface area contributed by atoms with Gasteiger partial charge < -0.3 is 4.74 Å². The Labute approximate surface area is 179 Å². The van der Waals surface area contributed by atoms with Gasteiger partial charge in [0.25, 0.3) is 0 Å². The third-order valence-corrected chi connectivity index (χ3v) is 8.28. The lowest BCUT2D eigenvalue weighted by molar-refractivity contribution is -0.120. The molecule has 3 nitrogen and oxygen atoms in total. The van der Waals surface area contributed by atoms with Crippen LogP contribution in [0.4, 0.5) is 0 Å². The molecule has 1 aromatic heterocycles. The summed E-state index contributed by atoms with van der Waals surface area (Å²) in [5.41, 5.74) is 1.22. The standard InChI is InChI=1S/C23H27BrO3S/c1-6-17-12(24)7-18(28-17)21-19-13(25)8-22(2,3)10-15(19)27-16-11-23(4,5)9-14(26)20(16)21/h7,21H,6,8-11H2,1-5H3. The van der Waals surface area contributed by atoms with E-state index in [2.05, 4.69) is 56.6 Å². The monoisotopic (exact) mass is 462 g/mol. The highest BCUT2D eigenvalue weighted by Crippen LogP contribution is 2.54. The molecule has 4 rings (SSSR count). The molecule has 0 amide bonds. The lowest BCUT2D eigenvalue weighted by atomic mass is 9.67. The zero-order valence-corrected chi connectivity index (χ0v) is 19.6. The molecule has 1 aromatic rings. The molecule has 0 spiro atoms. The van der Waals surface area contributed by atoms with Crippen molar-refractivity contribution in [1.29, 1.82) is 0 Å². The van der Waals surface area contributed by atoms with Crippen molar-refractivity contribution < 1.29 is 14.3 Å². The highest BCUT2D eigenvalue weighted by Gasteiger charge is 2.48. The number of thiophene rings is 1. The molecular formula is C23H27BrO3S. The molecule has 0 unspecified atom stereocenters. The number of Topliss-reactive ketones (excluding diaryl/α,β-unsaturated/α-hetero) is 2. The van der Waals surface area contributed by atoms with Crippen molar-refractivity contribution in [3.05, 3.63) is 43.0 Å². The summed E-state index contributed by atoms with van der Waals surface area (Å²) >= 11 is 5.37. The van der Waals surface area contributed by atoms with Gasteiger partial charge in [-0.05, 0) is 39.2 Å². The first-order chi connectivity index (χ1) is 13.0. The van der Waals surface area contributed by atoms with Gasteiger partial charge in [0.1, 0.15) is 11.5 Å². The molecule has 0 saturated heterocycles. The average Bonchev–Trinajstić information content (AvgIpc) is 2.91. The minimum Gasteiger partial charge on any atom is -0.465 e. The second-order valence-corrected chi connectivity index (χ2v) is 11.9. The van der Waals surface area contributed by atoms with Gasteiger partial charge in [0.15, 0.2) is 11.6 Å². The van der Waals surface area contributed by atoms with Crippen molar-refractivity contribution in [3.63, 3.8) is 0 Å². The van der Waals surface area contributed by atoms with E-state index in [4.69, 9.17) is 4.74 Å². The Morgan fingerprint density at radius 3 is 1.93 bits per heavy atom. The SMILES string of the molecule is CCc1sc(C2C3=C(CC(C)(C)CC3=O)OC3=C2C(=O)CC(C)(C)C3)cc1Br. The zero-order valence-electron chi connectivity index (χ0n) is 17.2. The summed E-state index contributed by atoms with van der Waals surface area (Å²) in [5.74, 6) is 1.56. The maximum absolute atomic E-state index is 13.2. The quantitative estimate of drug-likeness (QED) is 0.505. The summed E-state index contributed by atoms with van der Waals surface area (Å²) in [6.07, 6.45) is 3.41. The zero-order chi connectivity index (χ0) is 20.4. The summed E-state index contributed by atoms with van der Waals surface area (Å²) in [5, 5.41) is 0. The molecule has 0 N–H and O–H groups in total. The maximum atomic E-state index is 13.2.